The molecule has 5 nitrogen and oxygen atoms in total. The first kappa shape index (κ1) is 15.8. The highest BCUT2D eigenvalue weighted by molar-refractivity contribution is 9.10. The van der Waals surface area contributed by atoms with Crippen molar-refractivity contribution in [2.75, 3.05) is 20.8 Å². The fourth-order valence-corrected chi connectivity index (χ4v) is 3.06. The standard InChI is InChI=1S/C15H18BrNO4/c1-20-13-7-6-10(9-11(13)16)14(18)17-8-4-3-5-12(17)15(19)21-2/h6-7,9,12H,3-5,8H2,1-2H3/t12-/m1/s1. The lowest BCUT2D eigenvalue weighted by Gasteiger charge is -2.33. The van der Waals surface area contributed by atoms with Crippen molar-refractivity contribution in [1.29, 1.82) is 0 Å². The van der Waals surface area contributed by atoms with Crippen LogP contribution in [0.4, 0.5) is 0 Å². The molecule has 1 saturated heterocycles. The molecule has 1 amide bonds. The number of halogens is 1. The normalized spacial score (nSPS) is 18.2. The van der Waals surface area contributed by atoms with E-state index in [0.717, 1.165) is 12.8 Å². The molecule has 1 heterocycles. The Bertz CT molecular complexity index is 546. The molecule has 0 radical (unpaired) electrons. The summed E-state index contributed by atoms with van der Waals surface area (Å²) in [5, 5.41) is 0. The lowest BCUT2D eigenvalue weighted by Crippen LogP contribution is -2.48. The van der Waals surface area contributed by atoms with Crippen LogP contribution in [-0.4, -0.2) is 43.6 Å². The summed E-state index contributed by atoms with van der Waals surface area (Å²) in [6.45, 7) is 0.572. The topological polar surface area (TPSA) is 55.8 Å². The first-order valence-corrected chi connectivity index (χ1v) is 7.60. The molecule has 1 aromatic carbocycles. The van der Waals surface area contributed by atoms with E-state index in [1.165, 1.54) is 7.11 Å². The van der Waals surface area contributed by atoms with Gasteiger partial charge in [-0.05, 0) is 53.4 Å². The van der Waals surface area contributed by atoms with Crippen LogP contribution in [0.1, 0.15) is 29.6 Å². The third-order valence-electron chi connectivity index (χ3n) is 3.64. The van der Waals surface area contributed by atoms with Gasteiger partial charge < -0.3 is 14.4 Å². The maximum Gasteiger partial charge on any atom is 0.328 e. The molecule has 0 unspecified atom stereocenters. The van der Waals surface area contributed by atoms with Crippen molar-refractivity contribution in [3.63, 3.8) is 0 Å². The predicted octanol–water partition coefficient (Wildman–Crippen LogP) is 2.63. The van der Waals surface area contributed by atoms with Crippen LogP contribution in [0.5, 0.6) is 5.75 Å². The van der Waals surface area contributed by atoms with Crippen molar-refractivity contribution in [1.82, 2.24) is 4.90 Å². The summed E-state index contributed by atoms with van der Waals surface area (Å²) in [5.41, 5.74) is 0.526. The zero-order valence-corrected chi connectivity index (χ0v) is 13.7. The highest BCUT2D eigenvalue weighted by atomic mass is 79.9. The molecule has 0 bridgehead atoms. The van der Waals surface area contributed by atoms with Crippen LogP contribution in [-0.2, 0) is 9.53 Å². The van der Waals surface area contributed by atoms with E-state index in [1.54, 1.807) is 30.2 Å². The van der Waals surface area contributed by atoms with Crippen molar-refractivity contribution in [2.24, 2.45) is 0 Å². The van der Waals surface area contributed by atoms with Gasteiger partial charge >= 0.3 is 5.97 Å². The molecule has 0 aliphatic carbocycles. The Morgan fingerprint density at radius 2 is 2.05 bits per heavy atom. The fourth-order valence-electron chi connectivity index (χ4n) is 2.52. The Morgan fingerprint density at radius 3 is 2.67 bits per heavy atom. The zero-order chi connectivity index (χ0) is 15.4. The van der Waals surface area contributed by atoms with Gasteiger partial charge in [-0.25, -0.2) is 4.79 Å². The number of carbonyl (C=O) groups is 2. The van der Waals surface area contributed by atoms with Crippen molar-refractivity contribution < 1.29 is 19.1 Å². The van der Waals surface area contributed by atoms with Crippen molar-refractivity contribution in [3.05, 3.63) is 28.2 Å². The molecule has 1 fully saturated rings. The summed E-state index contributed by atoms with van der Waals surface area (Å²) in [4.78, 5) is 26.1. The quantitative estimate of drug-likeness (QED) is 0.782. The molecule has 0 spiro atoms. The van der Waals surface area contributed by atoms with Crippen molar-refractivity contribution in [2.45, 2.75) is 25.3 Å². The minimum atomic E-state index is -0.489. The lowest BCUT2D eigenvalue weighted by atomic mass is 10.0. The van der Waals surface area contributed by atoms with Crippen LogP contribution in [0.3, 0.4) is 0 Å². The van der Waals surface area contributed by atoms with Gasteiger partial charge in [0.25, 0.3) is 5.91 Å². The molecule has 21 heavy (non-hydrogen) atoms. The molecule has 1 aliphatic heterocycles. The van der Waals surface area contributed by atoms with Gasteiger partial charge in [0.05, 0.1) is 18.7 Å². The molecule has 1 aliphatic rings. The molecule has 0 N–H and O–H groups in total. The number of methoxy groups -OCH3 is 2. The number of benzene rings is 1. The summed E-state index contributed by atoms with van der Waals surface area (Å²) in [6.07, 6.45) is 2.47. The number of hydrogen-bond donors (Lipinski definition) is 0. The number of carbonyl (C=O) groups excluding carboxylic acids is 2. The van der Waals surface area contributed by atoms with Gasteiger partial charge in [0.1, 0.15) is 11.8 Å². The van der Waals surface area contributed by atoms with Gasteiger partial charge in [-0.2, -0.15) is 0 Å². The van der Waals surface area contributed by atoms with Crippen LogP contribution in [0.25, 0.3) is 0 Å². The molecule has 114 valence electrons. The average molecular weight is 356 g/mol. The Kier molecular flexibility index (Phi) is 5.22. The van der Waals surface area contributed by atoms with Crippen LogP contribution in [0.15, 0.2) is 22.7 Å². The maximum absolute atomic E-state index is 12.6. The van der Waals surface area contributed by atoms with E-state index in [4.69, 9.17) is 9.47 Å². The van der Waals surface area contributed by atoms with Crippen LogP contribution < -0.4 is 4.74 Å². The number of nitrogens with zero attached hydrogens (tertiary/aromatic N) is 1. The summed E-state index contributed by atoms with van der Waals surface area (Å²) >= 11 is 3.37. The molecule has 2 rings (SSSR count). The number of rotatable bonds is 3. The molecular formula is C15H18BrNO4. The minimum Gasteiger partial charge on any atom is -0.496 e. The Balaban J connectivity index is 2.24. The summed E-state index contributed by atoms with van der Waals surface area (Å²) in [6, 6.07) is 4.66. The summed E-state index contributed by atoms with van der Waals surface area (Å²) in [7, 11) is 2.92. The van der Waals surface area contributed by atoms with Crippen LogP contribution in [0.2, 0.25) is 0 Å². The molecule has 1 atom stereocenters. The first-order chi connectivity index (χ1) is 10.1. The van der Waals surface area contributed by atoms with E-state index < -0.39 is 6.04 Å². The summed E-state index contributed by atoms with van der Waals surface area (Å²) < 4.78 is 10.7. The highest BCUT2D eigenvalue weighted by Gasteiger charge is 2.33. The fraction of sp³-hybridized carbons (Fsp3) is 0.467. The molecule has 0 aromatic heterocycles. The van der Waals surface area contributed by atoms with Gasteiger partial charge in [-0.15, -0.1) is 0 Å². The SMILES string of the molecule is COC(=O)[C@H]1CCCCN1C(=O)c1ccc(OC)c(Br)c1. The zero-order valence-electron chi connectivity index (χ0n) is 12.1. The van der Waals surface area contributed by atoms with E-state index >= 15 is 0 Å². The Hall–Kier alpha value is -1.56. The third-order valence-corrected chi connectivity index (χ3v) is 4.26. The third kappa shape index (κ3) is 3.37. The van der Waals surface area contributed by atoms with E-state index in [-0.39, 0.29) is 11.9 Å². The van der Waals surface area contributed by atoms with E-state index in [2.05, 4.69) is 15.9 Å². The molecule has 6 heteroatoms. The second kappa shape index (κ2) is 6.93. The predicted molar refractivity (Wildman–Crippen MR) is 81.4 cm³/mol. The Morgan fingerprint density at radius 1 is 1.29 bits per heavy atom. The van der Waals surface area contributed by atoms with Crippen LogP contribution in [0, 0.1) is 0 Å². The maximum atomic E-state index is 12.6. The number of ether oxygens (including phenoxy) is 2. The minimum absolute atomic E-state index is 0.159. The Labute approximate surface area is 132 Å². The lowest BCUT2D eigenvalue weighted by molar-refractivity contribution is -0.147. The van der Waals surface area contributed by atoms with Crippen molar-refractivity contribution in [3.8, 4) is 5.75 Å². The smallest absolute Gasteiger partial charge is 0.328 e. The van der Waals surface area contributed by atoms with E-state index in [1.807, 2.05) is 0 Å². The number of hydrogen-bond acceptors (Lipinski definition) is 4. The first-order valence-electron chi connectivity index (χ1n) is 6.80. The second-order valence-electron chi connectivity index (χ2n) is 4.88. The molecular weight excluding hydrogens is 338 g/mol. The molecule has 1 aromatic rings. The van der Waals surface area contributed by atoms with Gasteiger partial charge in [-0.1, -0.05) is 0 Å². The number of piperidine rings is 1. The van der Waals surface area contributed by atoms with Gasteiger partial charge in [0.15, 0.2) is 0 Å². The molecule has 0 saturated carbocycles. The van der Waals surface area contributed by atoms with Gasteiger partial charge in [0.2, 0.25) is 0 Å². The van der Waals surface area contributed by atoms with Crippen molar-refractivity contribution >= 4 is 27.8 Å². The largest absolute Gasteiger partial charge is 0.496 e. The second-order valence-corrected chi connectivity index (χ2v) is 5.74. The van der Waals surface area contributed by atoms with Crippen LogP contribution >= 0.6 is 15.9 Å². The monoisotopic (exact) mass is 355 g/mol. The average Bonchev–Trinajstić information content (AvgIpc) is 2.53. The summed E-state index contributed by atoms with van der Waals surface area (Å²) in [5.74, 6) is 0.152. The number of esters is 1. The number of likely N-dealkylation sites (tertiary alicyclic amines) is 1. The number of amides is 1. The highest BCUT2D eigenvalue weighted by Crippen LogP contribution is 2.27. The van der Waals surface area contributed by atoms with Gasteiger partial charge in [-0.3, -0.25) is 4.79 Å². The van der Waals surface area contributed by atoms with E-state index in [9.17, 15) is 9.59 Å². The van der Waals surface area contributed by atoms with E-state index in [0.29, 0.717) is 28.8 Å². The van der Waals surface area contributed by atoms with Gasteiger partial charge in [0, 0.05) is 12.1 Å².